The van der Waals surface area contributed by atoms with Crippen LogP contribution in [0.15, 0.2) is 72.4 Å². The lowest BCUT2D eigenvalue weighted by Gasteiger charge is -2.11. The smallest absolute Gasteiger partial charge is 0.329 e. The van der Waals surface area contributed by atoms with Gasteiger partial charge >= 0.3 is 6.03 Å². The molecule has 0 spiro atoms. The number of hydrogen-bond donors (Lipinski definition) is 2. The maximum Gasteiger partial charge on any atom is 0.329 e. The second-order valence-corrected chi connectivity index (χ2v) is 7.84. The molecule has 1 aliphatic heterocycles. The first kappa shape index (κ1) is 20.4. The molecular weight excluding hydrogens is 414 g/mol. The Morgan fingerprint density at radius 1 is 1.10 bits per heavy atom. The van der Waals surface area contributed by atoms with Crippen LogP contribution in [-0.2, 0) is 9.59 Å². The zero-order chi connectivity index (χ0) is 21.8. The van der Waals surface area contributed by atoms with E-state index >= 15 is 0 Å². The van der Waals surface area contributed by atoms with Crippen LogP contribution in [0.5, 0.6) is 5.75 Å². The Hall–Kier alpha value is -3.91. The second-order valence-electron chi connectivity index (χ2n) is 6.73. The number of rotatable bonds is 6. The molecule has 1 aliphatic rings. The number of nitrogens with zero attached hydrogens (tertiary/aromatic N) is 1. The van der Waals surface area contributed by atoms with Gasteiger partial charge in [0.05, 0.1) is 7.11 Å². The predicted molar refractivity (Wildman–Crippen MR) is 120 cm³/mol. The van der Waals surface area contributed by atoms with E-state index in [0.717, 1.165) is 26.0 Å². The van der Waals surface area contributed by atoms with Crippen LogP contribution < -0.4 is 15.4 Å². The topological polar surface area (TPSA) is 87.7 Å². The molecule has 0 saturated carbocycles. The number of carbonyl (C=O) groups is 3. The second kappa shape index (κ2) is 8.85. The van der Waals surface area contributed by atoms with E-state index in [-0.39, 0.29) is 12.2 Å². The van der Waals surface area contributed by atoms with Crippen LogP contribution in [0, 0.1) is 0 Å². The minimum atomic E-state index is -0.621. The quantitative estimate of drug-likeness (QED) is 0.455. The van der Waals surface area contributed by atoms with Crippen molar-refractivity contribution in [1.29, 1.82) is 0 Å². The van der Waals surface area contributed by atoms with Crippen molar-refractivity contribution in [2.24, 2.45) is 0 Å². The lowest BCUT2D eigenvalue weighted by atomic mass is 10.2. The lowest BCUT2D eigenvalue weighted by Crippen LogP contribution is -2.38. The van der Waals surface area contributed by atoms with Crippen molar-refractivity contribution >= 4 is 40.9 Å². The van der Waals surface area contributed by atoms with Crippen molar-refractivity contribution in [3.05, 3.63) is 77.3 Å². The third-order valence-corrected chi connectivity index (χ3v) is 5.67. The van der Waals surface area contributed by atoms with E-state index in [4.69, 9.17) is 4.74 Å². The maximum absolute atomic E-state index is 12.7. The van der Waals surface area contributed by atoms with Crippen LogP contribution in [0.2, 0.25) is 0 Å². The summed E-state index contributed by atoms with van der Waals surface area (Å²) >= 11 is 1.48. The Balaban J connectivity index is 1.46. The summed E-state index contributed by atoms with van der Waals surface area (Å²) in [6, 6.07) is 19.7. The van der Waals surface area contributed by atoms with Crippen molar-refractivity contribution in [2.45, 2.75) is 0 Å². The fourth-order valence-electron chi connectivity index (χ4n) is 3.08. The number of anilines is 1. The van der Waals surface area contributed by atoms with Gasteiger partial charge in [0.2, 0.25) is 5.91 Å². The van der Waals surface area contributed by atoms with Gasteiger partial charge in [-0.15, -0.1) is 11.3 Å². The summed E-state index contributed by atoms with van der Waals surface area (Å²) in [4.78, 5) is 39.8. The number of nitrogens with one attached hydrogen (secondary N) is 2. The van der Waals surface area contributed by atoms with Crippen molar-refractivity contribution in [3.63, 3.8) is 0 Å². The Labute approximate surface area is 183 Å². The summed E-state index contributed by atoms with van der Waals surface area (Å²) in [5.74, 6) is -0.231. The molecule has 2 N–H and O–H groups in total. The fourth-order valence-corrected chi connectivity index (χ4v) is 4.03. The zero-order valence-electron chi connectivity index (χ0n) is 16.6. The molecule has 0 atom stereocenters. The Morgan fingerprint density at radius 3 is 2.68 bits per heavy atom. The molecule has 8 heteroatoms. The predicted octanol–water partition coefficient (Wildman–Crippen LogP) is 3.96. The molecule has 7 nitrogen and oxygen atoms in total. The van der Waals surface area contributed by atoms with Gasteiger partial charge in [0.25, 0.3) is 5.91 Å². The van der Waals surface area contributed by atoms with Gasteiger partial charge in [-0.25, -0.2) is 9.69 Å². The number of carbonyl (C=O) groups excluding carboxylic acids is 3. The van der Waals surface area contributed by atoms with E-state index in [1.54, 1.807) is 37.5 Å². The summed E-state index contributed by atoms with van der Waals surface area (Å²) in [5, 5.41) is 5.21. The minimum Gasteiger partial charge on any atom is -0.497 e. The number of methoxy groups -OCH3 is 1. The first-order chi connectivity index (χ1) is 15.0. The summed E-state index contributed by atoms with van der Waals surface area (Å²) in [5.41, 5.74) is 1.73. The highest BCUT2D eigenvalue weighted by Crippen LogP contribution is 2.31. The van der Waals surface area contributed by atoms with Crippen molar-refractivity contribution in [1.82, 2.24) is 10.2 Å². The van der Waals surface area contributed by atoms with Gasteiger partial charge in [-0.05, 0) is 48.0 Å². The van der Waals surface area contributed by atoms with Gasteiger partial charge in [0.15, 0.2) is 0 Å². The summed E-state index contributed by atoms with van der Waals surface area (Å²) in [7, 11) is 1.61. The van der Waals surface area contributed by atoms with Gasteiger partial charge < -0.3 is 15.4 Å². The number of ether oxygens (including phenoxy) is 1. The number of hydrogen-bond acceptors (Lipinski definition) is 5. The van der Waals surface area contributed by atoms with E-state index in [1.807, 2.05) is 42.5 Å². The van der Waals surface area contributed by atoms with E-state index in [0.29, 0.717) is 5.69 Å². The standard InChI is InChI=1S/C23H19N3O4S/c1-30-17-9-5-6-15(12-17)20-11-10-18(31-20)13-19-22(28)26(23(29)25-19)14-21(27)24-16-7-3-2-4-8-16/h2-13H,14H2,1H3,(H,24,27)(H,25,29)/b19-13-. The molecule has 0 radical (unpaired) electrons. The molecule has 156 valence electrons. The molecular formula is C23H19N3O4S. The fraction of sp³-hybridized carbons (Fsp3) is 0.0870. The number of imide groups is 1. The summed E-state index contributed by atoms with van der Waals surface area (Å²) in [6.07, 6.45) is 1.61. The van der Waals surface area contributed by atoms with Gasteiger partial charge in [-0.1, -0.05) is 30.3 Å². The SMILES string of the molecule is COc1cccc(-c2ccc(/C=C3\NC(=O)N(CC(=O)Nc4ccccc4)C3=O)s2)c1. The van der Waals surface area contributed by atoms with Crippen LogP contribution in [0.4, 0.5) is 10.5 Å². The van der Waals surface area contributed by atoms with Crippen molar-refractivity contribution in [2.75, 3.05) is 19.0 Å². The highest BCUT2D eigenvalue weighted by atomic mass is 32.1. The van der Waals surface area contributed by atoms with Crippen LogP contribution in [0.3, 0.4) is 0 Å². The molecule has 2 aromatic carbocycles. The Morgan fingerprint density at radius 2 is 1.90 bits per heavy atom. The normalized spacial score (nSPS) is 14.6. The number of para-hydroxylation sites is 1. The molecule has 2 heterocycles. The number of amides is 4. The van der Waals surface area contributed by atoms with Gasteiger partial charge in [-0.2, -0.15) is 0 Å². The molecule has 1 fully saturated rings. The number of benzene rings is 2. The Kier molecular flexibility index (Phi) is 5.81. The highest BCUT2D eigenvalue weighted by Gasteiger charge is 2.35. The molecule has 31 heavy (non-hydrogen) atoms. The van der Waals surface area contributed by atoms with Crippen LogP contribution in [-0.4, -0.2) is 36.4 Å². The van der Waals surface area contributed by atoms with Crippen molar-refractivity contribution < 1.29 is 19.1 Å². The third kappa shape index (κ3) is 4.65. The van der Waals surface area contributed by atoms with Crippen LogP contribution in [0.1, 0.15) is 4.88 Å². The number of thiophene rings is 1. The summed E-state index contributed by atoms with van der Waals surface area (Å²) in [6.45, 7) is -0.365. The van der Waals surface area contributed by atoms with Gasteiger partial charge in [-0.3, -0.25) is 9.59 Å². The largest absolute Gasteiger partial charge is 0.497 e. The Bertz CT molecular complexity index is 1170. The average molecular weight is 433 g/mol. The third-order valence-electron chi connectivity index (χ3n) is 4.59. The van der Waals surface area contributed by atoms with E-state index in [9.17, 15) is 14.4 Å². The molecule has 1 aromatic heterocycles. The van der Waals surface area contributed by atoms with E-state index in [1.165, 1.54) is 11.3 Å². The molecule has 0 bridgehead atoms. The zero-order valence-corrected chi connectivity index (χ0v) is 17.4. The first-order valence-electron chi connectivity index (χ1n) is 9.47. The van der Waals surface area contributed by atoms with E-state index < -0.39 is 17.8 Å². The average Bonchev–Trinajstić information content (AvgIpc) is 3.35. The molecule has 0 unspecified atom stereocenters. The lowest BCUT2D eigenvalue weighted by molar-refractivity contribution is -0.127. The molecule has 3 aromatic rings. The molecule has 1 saturated heterocycles. The summed E-state index contributed by atoms with van der Waals surface area (Å²) < 4.78 is 5.26. The monoisotopic (exact) mass is 433 g/mol. The maximum atomic E-state index is 12.7. The van der Waals surface area contributed by atoms with Gasteiger partial charge in [0, 0.05) is 15.4 Å². The van der Waals surface area contributed by atoms with Crippen LogP contribution >= 0.6 is 11.3 Å². The number of urea groups is 1. The van der Waals surface area contributed by atoms with E-state index in [2.05, 4.69) is 10.6 Å². The molecule has 0 aliphatic carbocycles. The van der Waals surface area contributed by atoms with Crippen molar-refractivity contribution in [3.8, 4) is 16.2 Å². The van der Waals surface area contributed by atoms with Gasteiger partial charge in [0.1, 0.15) is 18.0 Å². The van der Waals surface area contributed by atoms with Crippen LogP contribution in [0.25, 0.3) is 16.5 Å². The minimum absolute atomic E-state index is 0.136. The highest BCUT2D eigenvalue weighted by molar-refractivity contribution is 7.16. The molecule has 4 rings (SSSR count). The molecule has 4 amide bonds. The first-order valence-corrected chi connectivity index (χ1v) is 10.3.